The number of carboxylic acid groups (broad SMARTS) is 1. The second kappa shape index (κ2) is 5.05. The molecule has 5 nitrogen and oxygen atoms in total. The maximum Gasteiger partial charge on any atom is 0.316 e. The lowest BCUT2D eigenvalue weighted by Gasteiger charge is -2.28. The van der Waals surface area contributed by atoms with Crippen molar-refractivity contribution in [3.63, 3.8) is 0 Å². The Kier molecular flexibility index (Phi) is 3.70. The summed E-state index contributed by atoms with van der Waals surface area (Å²) in [5.41, 5.74) is 0. The number of rotatable bonds is 2. The van der Waals surface area contributed by atoms with Gasteiger partial charge < -0.3 is 14.7 Å². The van der Waals surface area contributed by atoms with Gasteiger partial charge in [0.2, 0.25) is 5.91 Å². The summed E-state index contributed by atoms with van der Waals surface area (Å²) in [7, 11) is 0. The lowest BCUT2D eigenvalue weighted by Crippen LogP contribution is -2.44. The number of nitrogens with zero attached hydrogens (tertiary/aromatic N) is 1. The van der Waals surface area contributed by atoms with E-state index in [2.05, 4.69) is 0 Å². The standard InChI is InChI=1S/C10H15NO4S/c12-9(11-3-5-15-6-4-11)7-1-2-8(16-7)10(13)14/h7-8H,1-6H2,(H,13,14)/t7-,8+/m0/s1. The van der Waals surface area contributed by atoms with Gasteiger partial charge in [-0.05, 0) is 12.8 Å². The van der Waals surface area contributed by atoms with Crippen LogP contribution in [0.3, 0.4) is 0 Å². The zero-order chi connectivity index (χ0) is 11.5. The van der Waals surface area contributed by atoms with Crippen molar-refractivity contribution in [1.29, 1.82) is 0 Å². The summed E-state index contributed by atoms with van der Waals surface area (Å²) in [6.45, 7) is 2.44. The monoisotopic (exact) mass is 245 g/mol. The molecule has 0 radical (unpaired) electrons. The Bertz CT molecular complexity index is 291. The summed E-state index contributed by atoms with van der Waals surface area (Å²) in [4.78, 5) is 24.6. The predicted octanol–water partition coefficient (Wildman–Crippen LogP) is 0.194. The zero-order valence-corrected chi connectivity index (χ0v) is 9.74. The molecular formula is C10H15NO4S. The predicted molar refractivity (Wildman–Crippen MR) is 59.4 cm³/mol. The minimum absolute atomic E-state index is 0.0806. The molecule has 0 aromatic carbocycles. The van der Waals surface area contributed by atoms with Crippen LogP contribution in [0.2, 0.25) is 0 Å². The molecule has 2 aliphatic rings. The average molecular weight is 245 g/mol. The van der Waals surface area contributed by atoms with Crippen molar-refractivity contribution < 1.29 is 19.4 Å². The maximum absolute atomic E-state index is 12.0. The first-order valence-corrected chi connectivity index (χ1v) is 6.37. The highest BCUT2D eigenvalue weighted by Gasteiger charge is 2.36. The van der Waals surface area contributed by atoms with E-state index in [1.807, 2.05) is 0 Å². The number of carbonyl (C=O) groups is 2. The summed E-state index contributed by atoms with van der Waals surface area (Å²) in [5, 5.41) is 8.28. The van der Waals surface area contributed by atoms with Crippen molar-refractivity contribution in [3.8, 4) is 0 Å². The van der Waals surface area contributed by atoms with Gasteiger partial charge in [0.25, 0.3) is 0 Å². The number of carboxylic acids is 1. The zero-order valence-electron chi connectivity index (χ0n) is 8.92. The Balaban J connectivity index is 1.88. The van der Waals surface area contributed by atoms with E-state index in [-0.39, 0.29) is 11.2 Å². The van der Waals surface area contributed by atoms with Crippen molar-refractivity contribution in [2.45, 2.75) is 23.3 Å². The van der Waals surface area contributed by atoms with Gasteiger partial charge in [0, 0.05) is 13.1 Å². The fourth-order valence-corrected chi connectivity index (χ4v) is 3.31. The largest absolute Gasteiger partial charge is 0.480 e. The van der Waals surface area contributed by atoms with Gasteiger partial charge in [0.1, 0.15) is 5.25 Å². The number of hydrogen-bond acceptors (Lipinski definition) is 4. The lowest BCUT2D eigenvalue weighted by atomic mass is 10.2. The van der Waals surface area contributed by atoms with E-state index in [0.717, 1.165) is 0 Å². The second-order valence-electron chi connectivity index (χ2n) is 3.97. The number of morpholine rings is 1. The van der Waals surface area contributed by atoms with Gasteiger partial charge in [0.15, 0.2) is 0 Å². The van der Waals surface area contributed by atoms with Crippen molar-refractivity contribution in [3.05, 3.63) is 0 Å². The molecule has 2 heterocycles. The molecule has 2 saturated heterocycles. The SMILES string of the molecule is O=C(O)[C@H]1CC[C@@H](C(=O)N2CCOCC2)S1. The molecule has 1 N–H and O–H groups in total. The minimum atomic E-state index is -0.803. The van der Waals surface area contributed by atoms with Crippen molar-refractivity contribution in [1.82, 2.24) is 4.90 Å². The van der Waals surface area contributed by atoms with E-state index in [9.17, 15) is 9.59 Å². The van der Waals surface area contributed by atoms with Crippen LogP contribution in [-0.2, 0) is 14.3 Å². The van der Waals surface area contributed by atoms with Gasteiger partial charge in [0.05, 0.1) is 18.5 Å². The van der Waals surface area contributed by atoms with Crippen LogP contribution in [0.25, 0.3) is 0 Å². The normalized spacial score (nSPS) is 30.4. The molecule has 2 rings (SSSR count). The molecule has 2 fully saturated rings. The van der Waals surface area contributed by atoms with Crippen molar-refractivity contribution in [2.24, 2.45) is 0 Å². The quantitative estimate of drug-likeness (QED) is 0.752. The molecule has 90 valence electrons. The summed E-state index contributed by atoms with van der Waals surface area (Å²) in [6.07, 6.45) is 1.28. The summed E-state index contributed by atoms with van der Waals surface area (Å²) in [5.74, 6) is -0.723. The van der Waals surface area contributed by atoms with E-state index in [1.165, 1.54) is 11.8 Å². The molecule has 0 unspecified atom stereocenters. The highest BCUT2D eigenvalue weighted by Crippen LogP contribution is 2.35. The summed E-state index contributed by atoms with van der Waals surface area (Å²) >= 11 is 1.29. The Morgan fingerprint density at radius 3 is 2.38 bits per heavy atom. The molecule has 0 bridgehead atoms. The van der Waals surface area contributed by atoms with Gasteiger partial charge in [-0.25, -0.2) is 0 Å². The third-order valence-electron chi connectivity index (χ3n) is 2.89. The van der Waals surface area contributed by atoms with Gasteiger partial charge in [-0.2, -0.15) is 0 Å². The summed E-state index contributed by atoms with van der Waals surface area (Å²) < 4.78 is 5.18. The molecule has 1 amide bonds. The molecule has 6 heteroatoms. The van der Waals surface area contributed by atoms with Crippen LogP contribution >= 0.6 is 11.8 Å². The number of ether oxygens (including phenoxy) is 1. The van der Waals surface area contributed by atoms with Crippen LogP contribution in [0.5, 0.6) is 0 Å². The molecule has 2 atom stereocenters. The molecule has 0 aliphatic carbocycles. The Morgan fingerprint density at radius 1 is 1.19 bits per heavy atom. The highest BCUT2D eigenvalue weighted by atomic mass is 32.2. The first kappa shape index (κ1) is 11.7. The smallest absolute Gasteiger partial charge is 0.316 e. The van der Waals surface area contributed by atoms with Gasteiger partial charge in [-0.1, -0.05) is 0 Å². The second-order valence-corrected chi connectivity index (χ2v) is 5.38. The van der Waals surface area contributed by atoms with Gasteiger partial charge in [-0.15, -0.1) is 11.8 Å². The van der Waals surface area contributed by atoms with Gasteiger partial charge in [-0.3, -0.25) is 9.59 Å². The first-order valence-electron chi connectivity index (χ1n) is 5.43. The van der Waals surface area contributed by atoms with Gasteiger partial charge >= 0.3 is 5.97 Å². The van der Waals surface area contributed by atoms with Crippen LogP contribution in [-0.4, -0.2) is 58.7 Å². The van der Waals surface area contributed by atoms with Crippen molar-refractivity contribution in [2.75, 3.05) is 26.3 Å². The first-order chi connectivity index (χ1) is 7.68. The minimum Gasteiger partial charge on any atom is -0.480 e. The van der Waals surface area contributed by atoms with Crippen LogP contribution in [0.15, 0.2) is 0 Å². The fraction of sp³-hybridized carbons (Fsp3) is 0.800. The average Bonchev–Trinajstić information content (AvgIpc) is 2.78. The van der Waals surface area contributed by atoms with Crippen LogP contribution in [0.1, 0.15) is 12.8 Å². The third kappa shape index (κ3) is 2.49. The van der Waals surface area contributed by atoms with Crippen molar-refractivity contribution >= 4 is 23.6 Å². The van der Waals surface area contributed by atoms with Crippen LogP contribution < -0.4 is 0 Å². The number of hydrogen-bond donors (Lipinski definition) is 1. The molecule has 0 aromatic rings. The summed E-state index contributed by atoms with van der Waals surface area (Å²) in [6, 6.07) is 0. The highest BCUT2D eigenvalue weighted by molar-refractivity contribution is 8.02. The van der Waals surface area contributed by atoms with E-state index in [1.54, 1.807) is 4.90 Å². The lowest BCUT2D eigenvalue weighted by molar-refractivity contribution is -0.136. The van der Waals surface area contributed by atoms with E-state index in [0.29, 0.717) is 39.1 Å². The molecule has 0 aromatic heterocycles. The Hall–Kier alpha value is -0.750. The fourth-order valence-electron chi connectivity index (χ4n) is 1.99. The number of aliphatic carboxylic acids is 1. The molecule has 2 aliphatic heterocycles. The van der Waals surface area contributed by atoms with Crippen LogP contribution in [0.4, 0.5) is 0 Å². The topological polar surface area (TPSA) is 66.8 Å². The van der Waals surface area contributed by atoms with E-state index < -0.39 is 11.2 Å². The maximum atomic E-state index is 12.0. The number of thioether (sulfide) groups is 1. The Labute approximate surface area is 98.1 Å². The molecule has 0 saturated carbocycles. The van der Waals surface area contributed by atoms with E-state index in [4.69, 9.17) is 9.84 Å². The molecule has 0 spiro atoms. The Morgan fingerprint density at radius 2 is 1.81 bits per heavy atom. The number of amides is 1. The molecule has 16 heavy (non-hydrogen) atoms. The number of carbonyl (C=O) groups excluding carboxylic acids is 1. The van der Waals surface area contributed by atoms with Crippen LogP contribution in [0, 0.1) is 0 Å². The third-order valence-corrected chi connectivity index (χ3v) is 4.42. The molecular weight excluding hydrogens is 230 g/mol. The van der Waals surface area contributed by atoms with E-state index >= 15 is 0 Å².